The number of aryl methyl sites for hydroxylation is 1. The Bertz CT molecular complexity index is 1000. The average Bonchev–Trinajstić information content (AvgIpc) is 3.03. The molecular formula is C19H18ClN3O5. The van der Waals surface area contributed by atoms with Crippen LogP contribution in [-0.2, 0) is 22.0 Å². The van der Waals surface area contributed by atoms with E-state index in [9.17, 15) is 9.59 Å². The number of halogens is 1. The lowest BCUT2D eigenvalue weighted by Crippen LogP contribution is -2.16. The molecule has 3 aromatic rings. The molecule has 0 saturated heterocycles. The number of carbonyl (C=O) groups is 2. The van der Waals surface area contributed by atoms with Crippen molar-refractivity contribution < 1.29 is 23.5 Å². The molecule has 146 valence electrons. The Labute approximate surface area is 165 Å². The number of ether oxygens (including phenoxy) is 2. The van der Waals surface area contributed by atoms with Crippen LogP contribution in [0.15, 0.2) is 34.7 Å². The smallest absolute Gasteiger partial charge is 0.413 e. The van der Waals surface area contributed by atoms with Crippen molar-refractivity contribution in [3.05, 3.63) is 53.0 Å². The van der Waals surface area contributed by atoms with Crippen molar-refractivity contribution in [1.29, 1.82) is 0 Å². The standard InChI is InChI=1S/C19H18ClN3O5/c1-3-26-18(24)14-11(2)28-17-15(14)16(21-13(9-20)22-17)23-19(25)27-10-12-7-5-4-6-8-12/h4-8H,3,9-10H2,1-2H3,(H,21,22,23,25). The summed E-state index contributed by atoms with van der Waals surface area (Å²) in [6.07, 6.45) is -0.738. The number of hydrogen-bond acceptors (Lipinski definition) is 7. The molecule has 0 saturated carbocycles. The Morgan fingerprint density at radius 3 is 2.61 bits per heavy atom. The molecule has 2 aromatic heterocycles. The number of nitrogens with one attached hydrogen (secondary N) is 1. The topological polar surface area (TPSA) is 104 Å². The van der Waals surface area contributed by atoms with Crippen LogP contribution >= 0.6 is 11.6 Å². The molecule has 0 atom stereocenters. The molecule has 28 heavy (non-hydrogen) atoms. The highest BCUT2D eigenvalue weighted by molar-refractivity contribution is 6.17. The summed E-state index contributed by atoms with van der Waals surface area (Å²) >= 11 is 5.83. The second-order valence-corrected chi connectivity index (χ2v) is 6.01. The van der Waals surface area contributed by atoms with Crippen LogP contribution in [0.2, 0.25) is 0 Å². The zero-order valence-corrected chi connectivity index (χ0v) is 16.1. The van der Waals surface area contributed by atoms with Crippen LogP contribution in [0.4, 0.5) is 10.6 Å². The first-order valence-corrected chi connectivity index (χ1v) is 9.07. The van der Waals surface area contributed by atoms with Crippen molar-refractivity contribution in [1.82, 2.24) is 9.97 Å². The lowest BCUT2D eigenvalue weighted by molar-refractivity contribution is 0.0526. The molecular weight excluding hydrogens is 386 g/mol. The number of hydrogen-bond donors (Lipinski definition) is 1. The van der Waals surface area contributed by atoms with E-state index < -0.39 is 12.1 Å². The van der Waals surface area contributed by atoms with Gasteiger partial charge in [-0.05, 0) is 19.4 Å². The highest BCUT2D eigenvalue weighted by Crippen LogP contribution is 2.31. The third-order valence-corrected chi connectivity index (χ3v) is 4.05. The summed E-state index contributed by atoms with van der Waals surface area (Å²) in [5.74, 6) is 0.00481. The predicted molar refractivity (Wildman–Crippen MR) is 102 cm³/mol. The first kappa shape index (κ1) is 19.6. The molecule has 9 heteroatoms. The Morgan fingerprint density at radius 2 is 1.93 bits per heavy atom. The highest BCUT2D eigenvalue weighted by atomic mass is 35.5. The molecule has 0 aliphatic heterocycles. The lowest BCUT2D eigenvalue weighted by Gasteiger charge is -2.09. The molecule has 0 fully saturated rings. The molecule has 1 N–H and O–H groups in total. The van der Waals surface area contributed by atoms with Gasteiger partial charge in [0, 0.05) is 0 Å². The van der Waals surface area contributed by atoms with Crippen LogP contribution < -0.4 is 5.32 Å². The number of carbonyl (C=O) groups excluding carboxylic acids is 2. The maximum Gasteiger partial charge on any atom is 0.413 e. The van der Waals surface area contributed by atoms with Gasteiger partial charge in [-0.3, -0.25) is 5.32 Å². The summed E-state index contributed by atoms with van der Waals surface area (Å²) in [6, 6.07) is 9.22. The number of fused-ring (bicyclic) bond motifs is 1. The Kier molecular flexibility index (Phi) is 6.10. The Hall–Kier alpha value is -3.13. The summed E-state index contributed by atoms with van der Waals surface area (Å²) < 4.78 is 15.8. The number of amides is 1. The fourth-order valence-electron chi connectivity index (χ4n) is 2.61. The molecule has 0 aliphatic carbocycles. The molecule has 8 nitrogen and oxygen atoms in total. The van der Waals surface area contributed by atoms with Gasteiger partial charge in [0.1, 0.15) is 23.8 Å². The van der Waals surface area contributed by atoms with Crippen LogP contribution in [0, 0.1) is 6.92 Å². The maximum absolute atomic E-state index is 12.3. The van der Waals surface area contributed by atoms with Gasteiger partial charge in [-0.25, -0.2) is 14.6 Å². The number of benzene rings is 1. The molecule has 0 spiro atoms. The molecule has 0 unspecified atom stereocenters. The number of rotatable bonds is 6. The summed E-state index contributed by atoms with van der Waals surface area (Å²) in [5, 5.41) is 2.78. The third kappa shape index (κ3) is 4.23. The Balaban J connectivity index is 1.91. The van der Waals surface area contributed by atoms with Crippen molar-refractivity contribution in [2.75, 3.05) is 11.9 Å². The number of esters is 1. The van der Waals surface area contributed by atoms with E-state index in [1.54, 1.807) is 13.8 Å². The largest absolute Gasteiger partial charge is 0.462 e. The minimum Gasteiger partial charge on any atom is -0.462 e. The van der Waals surface area contributed by atoms with E-state index in [-0.39, 0.29) is 47.4 Å². The van der Waals surface area contributed by atoms with E-state index in [4.69, 9.17) is 25.5 Å². The quantitative estimate of drug-likeness (QED) is 0.486. The van der Waals surface area contributed by atoms with Gasteiger partial charge in [0.05, 0.1) is 17.9 Å². The fraction of sp³-hybridized carbons (Fsp3) is 0.263. The number of furan rings is 1. The predicted octanol–water partition coefficient (Wildman–Crippen LogP) is 4.20. The monoisotopic (exact) mass is 403 g/mol. The number of nitrogens with zero attached hydrogens (tertiary/aromatic N) is 2. The maximum atomic E-state index is 12.3. The molecule has 0 radical (unpaired) electrons. The zero-order chi connectivity index (χ0) is 20.1. The van der Waals surface area contributed by atoms with E-state index in [1.165, 1.54) is 0 Å². The average molecular weight is 404 g/mol. The lowest BCUT2D eigenvalue weighted by atomic mass is 10.2. The first-order chi connectivity index (χ1) is 13.5. The number of alkyl halides is 1. The summed E-state index contributed by atoms with van der Waals surface area (Å²) in [4.78, 5) is 33.0. The molecule has 0 aliphatic rings. The normalized spacial score (nSPS) is 10.7. The van der Waals surface area contributed by atoms with Gasteiger partial charge in [0.15, 0.2) is 5.82 Å². The van der Waals surface area contributed by atoms with E-state index in [0.29, 0.717) is 5.76 Å². The van der Waals surface area contributed by atoms with E-state index in [0.717, 1.165) is 5.56 Å². The van der Waals surface area contributed by atoms with Crippen molar-refractivity contribution in [2.45, 2.75) is 26.3 Å². The van der Waals surface area contributed by atoms with Gasteiger partial charge in [0.25, 0.3) is 0 Å². The van der Waals surface area contributed by atoms with Gasteiger partial charge >= 0.3 is 12.1 Å². The number of aromatic nitrogens is 2. The van der Waals surface area contributed by atoms with Crippen LogP contribution in [0.25, 0.3) is 11.1 Å². The van der Waals surface area contributed by atoms with Gasteiger partial charge in [-0.2, -0.15) is 4.98 Å². The van der Waals surface area contributed by atoms with Gasteiger partial charge in [-0.15, -0.1) is 11.6 Å². The SMILES string of the molecule is CCOC(=O)c1c(C)oc2nc(CCl)nc(NC(=O)OCc3ccccc3)c12. The van der Waals surface area contributed by atoms with E-state index >= 15 is 0 Å². The van der Waals surface area contributed by atoms with E-state index in [2.05, 4.69) is 15.3 Å². The molecule has 1 amide bonds. The second kappa shape index (κ2) is 8.71. The molecule has 2 heterocycles. The number of anilines is 1. The van der Waals surface area contributed by atoms with Gasteiger partial charge < -0.3 is 13.9 Å². The van der Waals surface area contributed by atoms with Crippen LogP contribution in [-0.4, -0.2) is 28.6 Å². The molecule has 0 bridgehead atoms. The van der Waals surface area contributed by atoms with E-state index in [1.807, 2.05) is 30.3 Å². The van der Waals surface area contributed by atoms with Crippen molar-refractivity contribution in [3.8, 4) is 0 Å². The Morgan fingerprint density at radius 1 is 1.18 bits per heavy atom. The molecule has 1 aromatic carbocycles. The molecule has 3 rings (SSSR count). The van der Waals surface area contributed by atoms with Crippen LogP contribution in [0.3, 0.4) is 0 Å². The summed E-state index contributed by atoms with van der Waals surface area (Å²) in [5.41, 5.74) is 1.11. The third-order valence-electron chi connectivity index (χ3n) is 3.81. The fourth-order valence-corrected chi connectivity index (χ4v) is 2.73. The minimum atomic E-state index is -0.738. The second-order valence-electron chi connectivity index (χ2n) is 5.74. The highest BCUT2D eigenvalue weighted by Gasteiger charge is 2.25. The van der Waals surface area contributed by atoms with Crippen molar-refractivity contribution in [3.63, 3.8) is 0 Å². The summed E-state index contributed by atoms with van der Waals surface area (Å²) in [7, 11) is 0. The van der Waals surface area contributed by atoms with Crippen molar-refractivity contribution >= 4 is 40.6 Å². The summed E-state index contributed by atoms with van der Waals surface area (Å²) in [6.45, 7) is 3.56. The van der Waals surface area contributed by atoms with Gasteiger partial charge in [-0.1, -0.05) is 30.3 Å². The van der Waals surface area contributed by atoms with Crippen molar-refractivity contribution in [2.24, 2.45) is 0 Å². The van der Waals surface area contributed by atoms with Gasteiger partial charge in [0.2, 0.25) is 5.71 Å². The minimum absolute atomic E-state index is 0.00182. The van der Waals surface area contributed by atoms with Crippen LogP contribution in [0.5, 0.6) is 0 Å². The first-order valence-electron chi connectivity index (χ1n) is 8.54. The van der Waals surface area contributed by atoms with Crippen LogP contribution in [0.1, 0.15) is 34.4 Å². The zero-order valence-electron chi connectivity index (χ0n) is 15.3.